The van der Waals surface area contributed by atoms with E-state index in [0.29, 0.717) is 30.9 Å². The number of aromatic nitrogens is 2. The minimum atomic E-state index is -4.43. The fourth-order valence-corrected chi connectivity index (χ4v) is 3.70. The molecule has 0 aromatic carbocycles. The van der Waals surface area contributed by atoms with E-state index in [-0.39, 0.29) is 23.4 Å². The average Bonchev–Trinajstić information content (AvgIpc) is 3.09. The van der Waals surface area contributed by atoms with Gasteiger partial charge in [0.2, 0.25) is 0 Å². The quantitative estimate of drug-likeness (QED) is 0.736. The van der Waals surface area contributed by atoms with Crippen molar-refractivity contribution in [3.05, 3.63) is 36.2 Å². The summed E-state index contributed by atoms with van der Waals surface area (Å²) in [5.41, 5.74) is 6.71. The second-order valence-corrected chi connectivity index (χ2v) is 7.24. The monoisotopic (exact) mass is 420 g/mol. The maximum absolute atomic E-state index is 13.0. The number of anilines is 4. The Labute approximate surface area is 169 Å². The third-order valence-corrected chi connectivity index (χ3v) is 5.11. The van der Waals surface area contributed by atoms with Gasteiger partial charge in [-0.3, -0.25) is 15.0 Å². The molecule has 8 nitrogen and oxygen atoms in total. The van der Waals surface area contributed by atoms with Gasteiger partial charge >= 0.3 is 12.2 Å². The first-order valence-electron chi connectivity index (χ1n) is 9.39. The molecule has 30 heavy (non-hydrogen) atoms. The van der Waals surface area contributed by atoms with Crippen LogP contribution in [-0.2, 0) is 0 Å². The van der Waals surface area contributed by atoms with Gasteiger partial charge in [0.1, 0.15) is 11.5 Å². The summed E-state index contributed by atoms with van der Waals surface area (Å²) < 4.78 is 37.4. The summed E-state index contributed by atoms with van der Waals surface area (Å²) in [6, 6.07) is 5.46. The van der Waals surface area contributed by atoms with Gasteiger partial charge in [0.25, 0.3) is 0 Å². The zero-order valence-electron chi connectivity index (χ0n) is 15.8. The molecule has 2 aromatic heterocycles. The highest BCUT2D eigenvalue weighted by Gasteiger charge is 2.40. The molecule has 0 aliphatic carbocycles. The molecular weight excluding hydrogens is 401 g/mol. The van der Waals surface area contributed by atoms with Crippen LogP contribution >= 0.6 is 0 Å². The number of nitrogens with zero attached hydrogens (tertiary/aromatic N) is 4. The predicted molar refractivity (Wildman–Crippen MR) is 105 cm³/mol. The van der Waals surface area contributed by atoms with Gasteiger partial charge in [-0.1, -0.05) is 0 Å². The van der Waals surface area contributed by atoms with Crippen molar-refractivity contribution in [1.82, 2.24) is 9.97 Å². The van der Waals surface area contributed by atoms with E-state index < -0.39 is 30.8 Å². The predicted octanol–water partition coefficient (Wildman–Crippen LogP) is 3.21. The number of fused-ring (bicyclic) bond motifs is 4. The van der Waals surface area contributed by atoms with Crippen LogP contribution in [0.15, 0.2) is 30.5 Å². The maximum atomic E-state index is 13.0. The van der Waals surface area contributed by atoms with Crippen LogP contribution in [-0.4, -0.2) is 47.1 Å². The summed E-state index contributed by atoms with van der Waals surface area (Å²) in [4.78, 5) is 37.1. The van der Waals surface area contributed by atoms with Crippen molar-refractivity contribution < 1.29 is 22.8 Å². The number of nitrogen functional groups attached to an aromatic ring is 1. The van der Waals surface area contributed by atoms with E-state index in [9.17, 15) is 22.8 Å². The highest BCUT2D eigenvalue weighted by atomic mass is 19.4. The molecular formula is C19H19F3N6O2. The van der Waals surface area contributed by atoms with E-state index in [0.717, 1.165) is 0 Å². The molecule has 2 bridgehead atoms. The van der Waals surface area contributed by atoms with Gasteiger partial charge in [-0.25, -0.2) is 14.8 Å². The molecule has 3 N–H and O–H groups in total. The summed E-state index contributed by atoms with van der Waals surface area (Å²) >= 11 is 0. The van der Waals surface area contributed by atoms with E-state index in [2.05, 4.69) is 15.3 Å². The Hall–Kier alpha value is -3.37. The number of rotatable bonds is 4. The number of hydrogen-bond acceptors (Lipinski definition) is 6. The van der Waals surface area contributed by atoms with Gasteiger partial charge in [0.05, 0.1) is 18.2 Å². The summed E-state index contributed by atoms with van der Waals surface area (Å²) in [6.45, 7) is 1.31. The maximum Gasteiger partial charge on any atom is 0.389 e. The van der Waals surface area contributed by atoms with Crippen LogP contribution in [0.25, 0.3) is 0 Å². The molecule has 4 heterocycles. The third kappa shape index (κ3) is 4.00. The molecule has 0 saturated carbocycles. The highest BCUT2D eigenvalue weighted by Crippen LogP contribution is 2.39. The Balaban J connectivity index is 1.62. The molecule has 0 spiro atoms. The number of halogens is 3. The molecule has 1 saturated heterocycles. The molecule has 2 aliphatic rings. The molecule has 0 radical (unpaired) electrons. The van der Waals surface area contributed by atoms with Crippen LogP contribution in [0.1, 0.15) is 29.8 Å². The zero-order valence-corrected chi connectivity index (χ0v) is 15.8. The standard InChI is InChI=1S/C19H19F3N6O2/c20-19(21,22)6-3-15(29)13-1-2-14-17(25-13)28(12-5-8-27(14)10-12)18(30)26-16-9-11(23)4-7-24-16/h1-2,4,7,9,12H,3,5-6,8,10H2,(H3,23,24,26,30)/t12-/m0/s1. The lowest BCUT2D eigenvalue weighted by molar-refractivity contribution is -0.133. The minimum Gasteiger partial charge on any atom is -0.399 e. The van der Waals surface area contributed by atoms with Gasteiger partial charge in [-0.15, -0.1) is 0 Å². The second-order valence-electron chi connectivity index (χ2n) is 7.24. The Kier molecular flexibility index (Phi) is 4.96. The van der Waals surface area contributed by atoms with Crippen LogP contribution in [0, 0.1) is 0 Å². The number of nitrogens with two attached hydrogens (primary N) is 1. The summed E-state index contributed by atoms with van der Waals surface area (Å²) in [5, 5.41) is 2.67. The first-order chi connectivity index (χ1) is 14.2. The van der Waals surface area contributed by atoms with Crippen LogP contribution in [0.2, 0.25) is 0 Å². The summed E-state index contributed by atoms with van der Waals surface area (Å²) in [7, 11) is 0. The van der Waals surface area contributed by atoms with Crippen LogP contribution < -0.4 is 20.9 Å². The van der Waals surface area contributed by atoms with Crippen molar-refractivity contribution >= 4 is 34.8 Å². The number of pyridine rings is 2. The molecule has 2 aliphatic heterocycles. The average molecular weight is 420 g/mol. The first-order valence-corrected chi connectivity index (χ1v) is 9.39. The Morgan fingerprint density at radius 2 is 2.07 bits per heavy atom. The Morgan fingerprint density at radius 1 is 1.27 bits per heavy atom. The third-order valence-electron chi connectivity index (χ3n) is 5.11. The smallest absolute Gasteiger partial charge is 0.389 e. The number of urea groups is 1. The number of ketones is 1. The topological polar surface area (TPSA) is 104 Å². The molecule has 4 rings (SSSR count). The first kappa shape index (κ1) is 19.9. The van der Waals surface area contributed by atoms with E-state index in [1.165, 1.54) is 23.2 Å². The lowest BCUT2D eigenvalue weighted by atomic mass is 10.1. The number of hydrogen-bond donors (Lipinski definition) is 2. The molecule has 1 fully saturated rings. The van der Waals surface area contributed by atoms with E-state index >= 15 is 0 Å². The number of carbonyl (C=O) groups is 2. The molecule has 158 valence electrons. The summed E-state index contributed by atoms with van der Waals surface area (Å²) in [5.74, 6) is -0.205. The number of nitrogens with one attached hydrogen (secondary N) is 1. The molecule has 0 unspecified atom stereocenters. The van der Waals surface area contributed by atoms with E-state index in [1.54, 1.807) is 12.1 Å². The minimum absolute atomic E-state index is 0.0969. The van der Waals surface area contributed by atoms with Gasteiger partial charge in [-0.05, 0) is 24.6 Å². The van der Waals surface area contributed by atoms with E-state index in [4.69, 9.17) is 5.73 Å². The molecule has 2 aromatic rings. The van der Waals surface area contributed by atoms with Gasteiger partial charge in [-0.2, -0.15) is 13.2 Å². The van der Waals surface area contributed by atoms with Gasteiger partial charge in [0.15, 0.2) is 11.6 Å². The SMILES string of the molecule is Nc1ccnc(NC(=O)N2c3nc(C(=O)CCC(F)(F)F)ccc3N3CC[C@H]2C3)c1. The van der Waals surface area contributed by atoms with Crippen molar-refractivity contribution in [3.8, 4) is 0 Å². The van der Waals surface area contributed by atoms with Crippen LogP contribution in [0.3, 0.4) is 0 Å². The van der Waals surface area contributed by atoms with Crippen molar-refractivity contribution in [3.63, 3.8) is 0 Å². The number of amides is 2. The van der Waals surface area contributed by atoms with E-state index in [1.807, 2.05) is 4.90 Å². The fraction of sp³-hybridized carbons (Fsp3) is 0.368. The number of carbonyl (C=O) groups excluding carboxylic acids is 2. The lowest BCUT2D eigenvalue weighted by Crippen LogP contribution is -2.48. The zero-order chi connectivity index (χ0) is 21.5. The molecule has 11 heteroatoms. The van der Waals surface area contributed by atoms with Crippen LogP contribution in [0.5, 0.6) is 0 Å². The van der Waals surface area contributed by atoms with Crippen molar-refractivity contribution in [1.29, 1.82) is 0 Å². The second kappa shape index (κ2) is 7.47. The van der Waals surface area contributed by atoms with Crippen molar-refractivity contribution in [2.45, 2.75) is 31.5 Å². The Bertz CT molecular complexity index is 996. The molecule has 2 amide bonds. The largest absolute Gasteiger partial charge is 0.399 e. The summed E-state index contributed by atoms with van der Waals surface area (Å²) in [6.07, 6.45) is -4.18. The Morgan fingerprint density at radius 3 is 2.80 bits per heavy atom. The molecule has 1 atom stereocenters. The number of Topliss-reactive ketones (excluding diaryl/α,β-unsaturated/α-hetero) is 1. The van der Waals surface area contributed by atoms with Crippen molar-refractivity contribution in [2.75, 3.05) is 33.9 Å². The van der Waals surface area contributed by atoms with Gasteiger partial charge < -0.3 is 10.6 Å². The highest BCUT2D eigenvalue weighted by molar-refractivity contribution is 6.05. The lowest BCUT2D eigenvalue weighted by Gasteiger charge is -2.35. The van der Waals surface area contributed by atoms with Gasteiger partial charge in [0, 0.05) is 37.5 Å². The number of alkyl halides is 3. The van der Waals surface area contributed by atoms with Crippen LogP contribution in [0.4, 0.5) is 41.0 Å². The fourth-order valence-electron chi connectivity index (χ4n) is 3.70. The van der Waals surface area contributed by atoms with Crippen molar-refractivity contribution in [2.24, 2.45) is 0 Å². The normalized spacial score (nSPS) is 17.6.